The molecule has 0 fully saturated rings. The zero-order chi connectivity index (χ0) is 20.4. The average molecular weight is 428 g/mol. The van der Waals surface area contributed by atoms with Crippen LogP contribution >= 0.6 is 23.8 Å². The van der Waals surface area contributed by atoms with Gasteiger partial charge in [0.15, 0.2) is 5.11 Å². The number of anilines is 1. The van der Waals surface area contributed by atoms with E-state index in [0.717, 1.165) is 41.5 Å². The third-order valence-electron chi connectivity index (χ3n) is 5.15. The number of thiocarbonyl (C=S) groups is 1. The van der Waals surface area contributed by atoms with E-state index in [0.29, 0.717) is 10.1 Å². The standard InChI is InChI=1S/C22H22ClN3O2S/c1-27-15-9-10-20(28-2)16(14-15)21-19-8-5-11-25(19)12-13-26(21)22(29)24-18-7-4-3-6-17(18)23/h3-11,14,21H,12-13H2,1-2H3,(H,24,29)/t21-/m1/s1. The number of benzene rings is 2. The molecule has 1 atom stereocenters. The van der Waals surface area contributed by atoms with Crippen LogP contribution in [0.3, 0.4) is 0 Å². The third-order valence-corrected chi connectivity index (χ3v) is 5.81. The summed E-state index contributed by atoms with van der Waals surface area (Å²) in [5.41, 5.74) is 2.93. The molecule has 0 spiro atoms. The molecule has 2 aromatic carbocycles. The Hall–Kier alpha value is -2.70. The number of rotatable bonds is 4. The Bertz CT molecular complexity index is 1040. The van der Waals surface area contributed by atoms with Crippen molar-refractivity contribution in [3.05, 3.63) is 77.1 Å². The summed E-state index contributed by atoms with van der Waals surface area (Å²) < 4.78 is 13.4. The first kappa shape index (κ1) is 19.6. The molecule has 0 amide bonds. The number of para-hydroxylation sites is 1. The van der Waals surface area contributed by atoms with Gasteiger partial charge in [0, 0.05) is 30.5 Å². The van der Waals surface area contributed by atoms with Crippen molar-refractivity contribution >= 4 is 34.6 Å². The maximum atomic E-state index is 6.33. The van der Waals surface area contributed by atoms with Crippen LogP contribution in [0.5, 0.6) is 11.5 Å². The number of methoxy groups -OCH3 is 2. The fraction of sp³-hybridized carbons (Fsp3) is 0.227. The van der Waals surface area contributed by atoms with Gasteiger partial charge in [-0.25, -0.2) is 0 Å². The lowest BCUT2D eigenvalue weighted by atomic mass is 9.99. The minimum Gasteiger partial charge on any atom is -0.497 e. The maximum Gasteiger partial charge on any atom is 0.174 e. The van der Waals surface area contributed by atoms with Crippen molar-refractivity contribution in [3.63, 3.8) is 0 Å². The van der Waals surface area contributed by atoms with Gasteiger partial charge in [0.1, 0.15) is 17.5 Å². The fourth-order valence-electron chi connectivity index (χ4n) is 3.73. The van der Waals surface area contributed by atoms with Crippen molar-refractivity contribution in [2.45, 2.75) is 12.6 Å². The summed E-state index contributed by atoms with van der Waals surface area (Å²) in [6, 6.07) is 17.5. The van der Waals surface area contributed by atoms with Crippen LogP contribution in [0.1, 0.15) is 17.3 Å². The number of hydrogen-bond donors (Lipinski definition) is 1. The lowest BCUT2D eigenvalue weighted by Crippen LogP contribution is -2.44. The van der Waals surface area contributed by atoms with Crippen molar-refractivity contribution in [2.75, 3.05) is 26.1 Å². The second-order valence-corrected chi connectivity index (χ2v) is 7.53. The van der Waals surface area contributed by atoms with Crippen LogP contribution in [0.2, 0.25) is 5.02 Å². The van der Waals surface area contributed by atoms with E-state index in [4.69, 9.17) is 33.3 Å². The summed E-state index contributed by atoms with van der Waals surface area (Å²) in [5.74, 6) is 1.56. The second kappa shape index (κ2) is 8.35. The van der Waals surface area contributed by atoms with Crippen LogP contribution < -0.4 is 14.8 Å². The van der Waals surface area contributed by atoms with Gasteiger partial charge in [-0.1, -0.05) is 23.7 Å². The van der Waals surface area contributed by atoms with E-state index in [1.807, 2.05) is 42.5 Å². The van der Waals surface area contributed by atoms with E-state index in [1.165, 1.54) is 0 Å². The van der Waals surface area contributed by atoms with Crippen LogP contribution in [0.25, 0.3) is 0 Å². The number of halogens is 1. The maximum absolute atomic E-state index is 6.33. The molecule has 1 aliphatic heterocycles. The van der Waals surface area contributed by atoms with Gasteiger partial charge >= 0.3 is 0 Å². The zero-order valence-electron chi connectivity index (χ0n) is 16.3. The minimum atomic E-state index is -0.119. The molecule has 1 N–H and O–H groups in total. The molecular weight excluding hydrogens is 406 g/mol. The largest absolute Gasteiger partial charge is 0.497 e. The molecule has 2 heterocycles. The van der Waals surface area contributed by atoms with Crippen molar-refractivity contribution < 1.29 is 9.47 Å². The summed E-state index contributed by atoms with van der Waals surface area (Å²) in [4.78, 5) is 2.17. The van der Waals surface area contributed by atoms with Crippen molar-refractivity contribution in [1.29, 1.82) is 0 Å². The Morgan fingerprint density at radius 1 is 1.07 bits per heavy atom. The summed E-state index contributed by atoms with van der Waals surface area (Å²) in [6.07, 6.45) is 2.09. The predicted octanol–water partition coefficient (Wildman–Crippen LogP) is 4.96. The molecule has 0 radical (unpaired) electrons. The van der Waals surface area contributed by atoms with E-state index in [2.05, 4.69) is 33.1 Å². The van der Waals surface area contributed by atoms with Crippen molar-refractivity contribution in [1.82, 2.24) is 9.47 Å². The molecule has 7 heteroatoms. The number of nitrogens with zero attached hydrogens (tertiary/aromatic N) is 2. The van der Waals surface area contributed by atoms with Crippen LogP contribution in [0, 0.1) is 0 Å². The lowest BCUT2D eigenvalue weighted by Gasteiger charge is -2.39. The number of aromatic nitrogens is 1. The molecule has 5 nitrogen and oxygen atoms in total. The van der Waals surface area contributed by atoms with E-state index in [-0.39, 0.29) is 6.04 Å². The molecule has 3 aromatic rings. The van der Waals surface area contributed by atoms with Gasteiger partial charge in [-0.05, 0) is 54.7 Å². The topological polar surface area (TPSA) is 38.7 Å². The molecular formula is C22H22ClN3O2S. The molecule has 0 unspecified atom stereocenters. The van der Waals surface area contributed by atoms with E-state index >= 15 is 0 Å². The first-order valence-electron chi connectivity index (χ1n) is 9.31. The van der Waals surface area contributed by atoms with Gasteiger partial charge in [0.25, 0.3) is 0 Å². The van der Waals surface area contributed by atoms with Gasteiger partial charge in [-0.15, -0.1) is 0 Å². The Labute approximate surface area is 180 Å². The Kier molecular flexibility index (Phi) is 5.65. The molecule has 0 aliphatic carbocycles. The molecule has 0 saturated heterocycles. The molecule has 1 aromatic heterocycles. The molecule has 1 aliphatic rings. The van der Waals surface area contributed by atoms with Gasteiger partial charge in [-0.3, -0.25) is 0 Å². The van der Waals surface area contributed by atoms with Crippen molar-refractivity contribution in [2.24, 2.45) is 0 Å². The summed E-state index contributed by atoms with van der Waals surface area (Å²) in [7, 11) is 3.34. The van der Waals surface area contributed by atoms with Crippen LogP contribution in [-0.4, -0.2) is 35.3 Å². The highest BCUT2D eigenvalue weighted by atomic mass is 35.5. The molecule has 150 valence electrons. The highest BCUT2D eigenvalue weighted by molar-refractivity contribution is 7.80. The smallest absolute Gasteiger partial charge is 0.174 e. The zero-order valence-corrected chi connectivity index (χ0v) is 17.8. The fourth-order valence-corrected chi connectivity index (χ4v) is 4.22. The van der Waals surface area contributed by atoms with Gasteiger partial charge in [0.2, 0.25) is 0 Å². The molecule has 0 saturated carbocycles. The van der Waals surface area contributed by atoms with Gasteiger partial charge < -0.3 is 24.3 Å². The average Bonchev–Trinajstić information content (AvgIpc) is 3.23. The minimum absolute atomic E-state index is 0.119. The summed E-state index contributed by atoms with van der Waals surface area (Å²) in [5, 5.41) is 4.55. The van der Waals surface area contributed by atoms with Crippen LogP contribution in [0.4, 0.5) is 5.69 Å². The first-order chi connectivity index (χ1) is 14.1. The van der Waals surface area contributed by atoms with E-state index in [9.17, 15) is 0 Å². The number of hydrogen-bond acceptors (Lipinski definition) is 3. The lowest BCUT2D eigenvalue weighted by molar-refractivity contribution is 0.284. The Morgan fingerprint density at radius 2 is 1.90 bits per heavy atom. The Balaban J connectivity index is 1.76. The van der Waals surface area contributed by atoms with E-state index < -0.39 is 0 Å². The third kappa shape index (κ3) is 3.78. The SMILES string of the molecule is COc1ccc(OC)c([C@@H]2c3cccn3CCN2C(=S)Nc2ccccc2Cl)c1. The van der Waals surface area contributed by atoms with Crippen LogP contribution in [-0.2, 0) is 6.54 Å². The molecule has 4 rings (SSSR count). The highest BCUT2D eigenvalue weighted by Gasteiger charge is 2.33. The monoisotopic (exact) mass is 427 g/mol. The summed E-state index contributed by atoms with van der Waals surface area (Å²) in [6.45, 7) is 1.60. The van der Waals surface area contributed by atoms with Gasteiger partial charge in [-0.2, -0.15) is 0 Å². The molecule has 29 heavy (non-hydrogen) atoms. The number of ether oxygens (including phenoxy) is 2. The Morgan fingerprint density at radius 3 is 2.66 bits per heavy atom. The van der Waals surface area contributed by atoms with E-state index in [1.54, 1.807) is 14.2 Å². The highest BCUT2D eigenvalue weighted by Crippen LogP contribution is 2.39. The van der Waals surface area contributed by atoms with Crippen molar-refractivity contribution in [3.8, 4) is 11.5 Å². The molecule has 0 bridgehead atoms. The first-order valence-corrected chi connectivity index (χ1v) is 10.1. The second-order valence-electron chi connectivity index (χ2n) is 6.74. The normalized spacial score (nSPS) is 15.6. The van der Waals surface area contributed by atoms with Crippen LogP contribution in [0.15, 0.2) is 60.8 Å². The number of fused-ring (bicyclic) bond motifs is 1. The summed E-state index contributed by atoms with van der Waals surface area (Å²) >= 11 is 12.1. The van der Waals surface area contributed by atoms with Gasteiger partial charge in [0.05, 0.1) is 24.9 Å². The quantitative estimate of drug-likeness (QED) is 0.596. The number of nitrogens with one attached hydrogen (secondary N) is 1. The predicted molar refractivity (Wildman–Crippen MR) is 120 cm³/mol.